The molecule has 0 amide bonds. The fourth-order valence-electron chi connectivity index (χ4n) is 1.87. The Labute approximate surface area is 107 Å². The maximum Gasteiger partial charge on any atom is 0.125 e. The molecule has 0 bridgehead atoms. The Balaban J connectivity index is 2.29. The van der Waals surface area contributed by atoms with Gasteiger partial charge in [-0.1, -0.05) is 18.2 Å². The summed E-state index contributed by atoms with van der Waals surface area (Å²) in [4.78, 5) is 0. The van der Waals surface area contributed by atoms with Crippen LogP contribution in [0.1, 0.15) is 31.1 Å². The summed E-state index contributed by atoms with van der Waals surface area (Å²) in [5, 5.41) is 14.5. The summed E-state index contributed by atoms with van der Waals surface area (Å²) in [7, 11) is 0. The number of ether oxygens (including phenoxy) is 1. The van der Waals surface area contributed by atoms with Gasteiger partial charge in [-0.25, -0.2) is 0 Å². The van der Waals surface area contributed by atoms with E-state index in [2.05, 4.69) is 5.10 Å². The van der Waals surface area contributed by atoms with Crippen molar-refractivity contribution in [3.8, 4) is 5.75 Å². The molecule has 4 nitrogen and oxygen atoms in total. The second-order valence-corrected chi connectivity index (χ2v) is 4.00. The zero-order chi connectivity index (χ0) is 13.0. The van der Waals surface area contributed by atoms with E-state index in [9.17, 15) is 5.11 Å². The predicted octanol–water partition coefficient (Wildman–Crippen LogP) is 2.38. The van der Waals surface area contributed by atoms with E-state index in [1.807, 2.05) is 44.3 Å². The third kappa shape index (κ3) is 2.54. The zero-order valence-electron chi connectivity index (χ0n) is 10.7. The second-order valence-electron chi connectivity index (χ2n) is 4.00. The number of aliphatic hydroxyl groups excluding tert-OH is 1. The van der Waals surface area contributed by atoms with Crippen molar-refractivity contribution in [2.45, 2.75) is 26.5 Å². The molecule has 18 heavy (non-hydrogen) atoms. The Hall–Kier alpha value is -1.81. The Morgan fingerprint density at radius 2 is 2.11 bits per heavy atom. The van der Waals surface area contributed by atoms with Gasteiger partial charge in [-0.2, -0.15) is 5.10 Å². The van der Waals surface area contributed by atoms with Crippen LogP contribution < -0.4 is 4.74 Å². The standard InChI is InChI=1S/C14H18N2O2/c1-3-16-10-11(9-15-16)14(17)12-7-5-6-8-13(12)18-4-2/h5-10,14,17H,3-4H2,1-2H3. The maximum absolute atomic E-state index is 10.4. The number of nitrogens with zero attached hydrogens (tertiary/aromatic N) is 2. The third-order valence-corrected chi connectivity index (χ3v) is 2.81. The maximum atomic E-state index is 10.4. The van der Waals surface area contributed by atoms with Crippen LogP contribution in [0.2, 0.25) is 0 Å². The van der Waals surface area contributed by atoms with Crippen LogP contribution in [-0.2, 0) is 6.54 Å². The molecular weight excluding hydrogens is 228 g/mol. The van der Waals surface area contributed by atoms with Crippen LogP contribution in [-0.4, -0.2) is 21.5 Å². The minimum absolute atomic E-state index is 0.581. The molecule has 0 fully saturated rings. The quantitative estimate of drug-likeness (QED) is 0.881. The number of benzene rings is 1. The van der Waals surface area contributed by atoms with Crippen LogP contribution in [0.5, 0.6) is 5.75 Å². The van der Waals surface area contributed by atoms with Crippen LogP contribution in [0.15, 0.2) is 36.7 Å². The van der Waals surface area contributed by atoms with E-state index in [1.54, 1.807) is 10.9 Å². The summed E-state index contributed by atoms with van der Waals surface area (Å²) in [6.45, 7) is 5.31. The highest BCUT2D eigenvalue weighted by molar-refractivity contribution is 5.39. The summed E-state index contributed by atoms with van der Waals surface area (Å²) in [5.41, 5.74) is 1.55. The van der Waals surface area contributed by atoms with Crippen LogP contribution in [0, 0.1) is 0 Å². The number of para-hydroxylation sites is 1. The van der Waals surface area contributed by atoms with Gasteiger partial charge in [0.2, 0.25) is 0 Å². The van der Waals surface area contributed by atoms with Gasteiger partial charge in [0, 0.05) is 23.9 Å². The average molecular weight is 246 g/mol. The topological polar surface area (TPSA) is 47.3 Å². The second kappa shape index (κ2) is 5.69. The van der Waals surface area contributed by atoms with Crippen molar-refractivity contribution >= 4 is 0 Å². The van der Waals surface area contributed by atoms with Gasteiger partial charge in [0.15, 0.2) is 0 Å². The Kier molecular flexibility index (Phi) is 3.99. The molecule has 1 heterocycles. The summed E-state index contributed by atoms with van der Waals surface area (Å²) >= 11 is 0. The molecule has 0 radical (unpaired) electrons. The highest BCUT2D eigenvalue weighted by Gasteiger charge is 2.16. The Bertz CT molecular complexity index is 508. The van der Waals surface area contributed by atoms with Gasteiger partial charge in [0.25, 0.3) is 0 Å². The molecule has 1 unspecified atom stereocenters. The summed E-state index contributed by atoms with van der Waals surface area (Å²) in [6, 6.07) is 7.53. The molecule has 0 aliphatic rings. The molecule has 0 saturated carbocycles. The molecule has 1 atom stereocenters. The monoisotopic (exact) mass is 246 g/mol. The fraction of sp³-hybridized carbons (Fsp3) is 0.357. The van der Waals surface area contributed by atoms with E-state index >= 15 is 0 Å². The lowest BCUT2D eigenvalue weighted by atomic mass is 10.0. The van der Waals surface area contributed by atoms with Crippen LogP contribution in [0.3, 0.4) is 0 Å². The smallest absolute Gasteiger partial charge is 0.125 e. The van der Waals surface area contributed by atoms with Gasteiger partial charge >= 0.3 is 0 Å². The van der Waals surface area contributed by atoms with E-state index < -0.39 is 6.10 Å². The van der Waals surface area contributed by atoms with Gasteiger partial charge in [-0.05, 0) is 19.9 Å². The van der Waals surface area contributed by atoms with Crippen molar-refractivity contribution in [3.05, 3.63) is 47.8 Å². The molecule has 0 aliphatic heterocycles. The van der Waals surface area contributed by atoms with Crippen molar-refractivity contribution in [1.29, 1.82) is 0 Å². The molecule has 4 heteroatoms. The van der Waals surface area contributed by atoms with Crippen molar-refractivity contribution in [2.75, 3.05) is 6.61 Å². The van der Waals surface area contributed by atoms with E-state index in [0.717, 1.165) is 23.4 Å². The largest absolute Gasteiger partial charge is 0.493 e. The molecule has 1 N–H and O–H groups in total. The van der Waals surface area contributed by atoms with Crippen LogP contribution in [0.4, 0.5) is 0 Å². The lowest BCUT2D eigenvalue weighted by Crippen LogP contribution is -2.03. The van der Waals surface area contributed by atoms with Crippen LogP contribution in [0.25, 0.3) is 0 Å². The fourth-order valence-corrected chi connectivity index (χ4v) is 1.87. The molecule has 0 aliphatic carbocycles. The highest BCUT2D eigenvalue weighted by Crippen LogP contribution is 2.29. The summed E-state index contributed by atoms with van der Waals surface area (Å²) in [5.74, 6) is 0.719. The van der Waals surface area contributed by atoms with Gasteiger partial charge in [-0.15, -0.1) is 0 Å². The van der Waals surface area contributed by atoms with E-state index in [-0.39, 0.29) is 0 Å². The molecular formula is C14H18N2O2. The number of hydrogen-bond donors (Lipinski definition) is 1. The van der Waals surface area contributed by atoms with E-state index in [0.29, 0.717) is 6.61 Å². The van der Waals surface area contributed by atoms with Crippen LogP contribution >= 0.6 is 0 Å². The first kappa shape index (κ1) is 12.6. The minimum atomic E-state index is -0.701. The molecule has 0 saturated heterocycles. The average Bonchev–Trinajstić information content (AvgIpc) is 2.88. The lowest BCUT2D eigenvalue weighted by Gasteiger charge is -2.14. The number of aryl methyl sites for hydroxylation is 1. The number of hydrogen-bond acceptors (Lipinski definition) is 3. The number of aliphatic hydroxyl groups is 1. The molecule has 2 aromatic rings. The van der Waals surface area contributed by atoms with Gasteiger partial charge < -0.3 is 9.84 Å². The predicted molar refractivity (Wildman–Crippen MR) is 69.6 cm³/mol. The first-order valence-corrected chi connectivity index (χ1v) is 6.18. The van der Waals surface area contributed by atoms with Gasteiger partial charge in [0.1, 0.15) is 11.9 Å². The van der Waals surface area contributed by atoms with Crippen molar-refractivity contribution < 1.29 is 9.84 Å². The first-order valence-electron chi connectivity index (χ1n) is 6.18. The SMILES string of the molecule is CCOc1ccccc1C(O)c1cnn(CC)c1. The van der Waals surface area contributed by atoms with Crippen molar-refractivity contribution in [1.82, 2.24) is 9.78 Å². The van der Waals surface area contributed by atoms with Gasteiger partial charge in [-0.3, -0.25) is 4.68 Å². The van der Waals surface area contributed by atoms with Crippen molar-refractivity contribution in [3.63, 3.8) is 0 Å². The molecule has 1 aromatic heterocycles. The minimum Gasteiger partial charge on any atom is -0.493 e. The zero-order valence-corrected chi connectivity index (χ0v) is 10.7. The highest BCUT2D eigenvalue weighted by atomic mass is 16.5. The molecule has 96 valence electrons. The van der Waals surface area contributed by atoms with E-state index in [1.165, 1.54) is 0 Å². The number of rotatable bonds is 5. The molecule has 0 spiro atoms. The number of aromatic nitrogens is 2. The summed E-state index contributed by atoms with van der Waals surface area (Å²) in [6.07, 6.45) is 2.85. The van der Waals surface area contributed by atoms with Crippen molar-refractivity contribution in [2.24, 2.45) is 0 Å². The first-order chi connectivity index (χ1) is 8.76. The Morgan fingerprint density at radius 1 is 1.33 bits per heavy atom. The lowest BCUT2D eigenvalue weighted by molar-refractivity contribution is 0.212. The normalized spacial score (nSPS) is 12.4. The molecule has 1 aromatic carbocycles. The Morgan fingerprint density at radius 3 is 2.78 bits per heavy atom. The summed E-state index contributed by atoms with van der Waals surface area (Å²) < 4.78 is 7.32. The van der Waals surface area contributed by atoms with E-state index in [4.69, 9.17) is 4.74 Å². The third-order valence-electron chi connectivity index (χ3n) is 2.81. The molecule has 2 rings (SSSR count). The van der Waals surface area contributed by atoms with Gasteiger partial charge in [0.05, 0.1) is 12.8 Å².